The molecule has 0 aliphatic rings. The van der Waals surface area contributed by atoms with Gasteiger partial charge in [-0.1, -0.05) is 13.0 Å². The minimum Gasteiger partial charge on any atom is -0.481 e. The van der Waals surface area contributed by atoms with Crippen molar-refractivity contribution >= 4 is 38.9 Å². The van der Waals surface area contributed by atoms with E-state index in [-0.39, 0.29) is 12.2 Å². The summed E-state index contributed by atoms with van der Waals surface area (Å²) in [4.78, 5) is 23.4. The van der Waals surface area contributed by atoms with Gasteiger partial charge >= 0.3 is 5.97 Å². The zero-order valence-electron chi connectivity index (χ0n) is 10.8. The molecule has 1 heterocycles. The van der Waals surface area contributed by atoms with Crippen molar-refractivity contribution in [1.29, 1.82) is 0 Å². The SMILES string of the molecule is CNc1ccc2cc(C(=O)C[C@H](C)C(=O)O)sc2c1. The van der Waals surface area contributed by atoms with Crippen LogP contribution in [0.15, 0.2) is 24.3 Å². The molecule has 4 nitrogen and oxygen atoms in total. The normalized spacial score (nSPS) is 12.3. The molecule has 1 atom stereocenters. The topological polar surface area (TPSA) is 66.4 Å². The number of fused-ring (bicyclic) bond motifs is 1. The fourth-order valence-corrected chi connectivity index (χ4v) is 2.84. The second kappa shape index (κ2) is 5.40. The van der Waals surface area contributed by atoms with Gasteiger partial charge in [-0.2, -0.15) is 0 Å². The lowest BCUT2D eigenvalue weighted by Gasteiger charge is -2.02. The van der Waals surface area contributed by atoms with E-state index in [9.17, 15) is 9.59 Å². The minimum atomic E-state index is -0.938. The van der Waals surface area contributed by atoms with Crippen LogP contribution in [0.4, 0.5) is 5.69 Å². The summed E-state index contributed by atoms with van der Waals surface area (Å²) in [6, 6.07) is 7.71. The monoisotopic (exact) mass is 277 g/mol. The zero-order valence-corrected chi connectivity index (χ0v) is 11.6. The van der Waals surface area contributed by atoms with Crippen LogP contribution in [-0.4, -0.2) is 23.9 Å². The van der Waals surface area contributed by atoms with Crippen LogP contribution in [0.1, 0.15) is 23.0 Å². The van der Waals surface area contributed by atoms with E-state index >= 15 is 0 Å². The summed E-state index contributed by atoms with van der Waals surface area (Å²) in [6.45, 7) is 1.55. The molecule has 0 saturated carbocycles. The molecule has 0 aliphatic heterocycles. The van der Waals surface area contributed by atoms with Crippen LogP contribution in [0, 0.1) is 5.92 Å². The smallest absolute Gasteiger partial charge is 0.306 e. The molecular weight excluding hydrogens is 262 g/mol. The van der Waals surface area contributed by atoms with Crippen LogP contribution >= 0.6 is 11.3 Å². The number of nitrogens with one attached hydrogen (secondary N) is 1. The van der Waals surface area contributed by atoms with Crippen molar-refractivity contribution in [3.63, 3.8) is 0 Å². The Morgan fingerprint density at radius 3 is 2.74 bits per heavy atom. The van der Waals surface area contributed by atoms with Crippen molar-refractivity contribution in [3.8, 4) is 0 Å². The Balaban J connectivity index is 2.25. The van der Waals surface area contributed by atoms with E-state index in [0.717, 1.165) is 15.8 Å². The largest absolute Gasteiger partial charge is 0.481 e. The number of rotatable bonds is 5. The molecule has 0 amide bonds. The van der Waals surface area contributed by atoms with Gasteiger partial charge in [0.1, 0.15) is 0 Å². The van der Waals surface area contributed by atoms with Crippen molar-refractivity contribution in [2.75, 3.05) is 12.4 Å². The van der Waals surface area contributed by atoms with Crippen LogP contribution in [0.25, 0.3) is 10.1 Å². The van der Waals surface area contributed by atoms with Gasteiger partial charge in [0.05, 0.1) is 10.8 Å². The van der Waals surface area contributed by atoms with Crippen LogP contribution < -0.4 is 5.32 Å². The van der Waals surface area contributed by atoms with Gasteiger partial charge in [0.2, 0.25) is 0 Å². The summed E-state index contributed by atoms with van der Waals surface area (Å²) in [5, 5.41) is 12.9. The van der Waals surface area contributed by atoms with E-state index in [1.54, 1.807) is 6.92 Å². The molecule has 0 bridgehead atoms. The van der Waals surface area contributed by atoms with Gasteiger partial charge in [-0.3, -0.25) is 9.59 Å². The number of aliphatic carboxylic acids is 1. The predicted molar refractivity (Wildman–Crippen MR) is 77.1 cm³/mol. The van der Waals surface area contributed by atoms with Gasteiger partial charge < -0.3 is 10.4 Å². The fraction of sp³-hybridized carbons (Fsp3) is 0.286. The Bertz CT molecular complexity index is 633. The van der Waals surface area contributed by atoms with Gasteiger partial charge in [0.25, 0.3) is 0 Å². The number of hydrogen-bond donors (Lipinski definition) is 2. The summed E-state index contributed by atoms with van der Waals surface area (Å²) < 4.78 is 1.03. The molecule has 0 spiro atoms. The maximum absolute atomic E-state index is 12.0. The molecule has 2 aromatic rings. The Kier molecular flexibility index (Phi) is 3.85. The van der Waals surface area contributed by atoms with Crippen LogP contribution in [0.5, 0.6) is 0 Å². The number of Topliss-reactive ketones (excluding diaryl/α,β-unsaturated/α-hetero) is 1. The van der Waals surface area contributed by atoms with Gasteiger partial charge in [0.15, 0.2) is 5.78 Å². The molecule has 1 aromatic carbocycles. The molecule has 0 aliphatic carbocycles. The third-order valence-corrected chi connectivity index (χ3v) is 4.14. The second-order valence-corrected chi connectivity index (χ2v) is 5.56. The van der Waals surface area contributed by atoms with E-state index in [2.05, 4.69) is 5.32 Å². The highest BCUT2D eigenvalue weighted by Crippen LogP contribution is 2.29. The maximum Gasteiger partial charge on any atom is 0.306 e. The summed E-state index contributed by atoms with van der Waals surface area (Å²) in [5.74, 6) is -1.69. The number of thiophene rings is 1. The standard InChI is InChI=1S/C14H15NO3S/c1-8(14(17)18)5-11(16)13-6-9-3-4-10(15-2)7-12(9)19-13/h3-4,6-8,15H,5H2,1-2H3,(H,17,18)/t8-/m0/s1. The van der Waals surface area contributed by atoms with Gasteiger partial charge in [-0.05, 0) is 23.6 Å². The quantitative estimate of drug-likeness (QED) is 0.823. The second-order valence-electron chi connectivity index (χ2n) is 4.48. The summed E-state index contributed by atoms with van der Waals surface area (Å²) in [7, 11) is 1.84. The van der Waals surface area contributed by atoms with Crippen molar-refractivity contribution in [3.05, 3.63) is 29.1 Å². The lowest BCUT2D eigenvalue weighted by Crippen LogP contribution is -2.13. The first-order valence-electron chi connectivity index (χ1n) is 5.98. The molecule has 2 N–H and O–H groups in total. The molecular formula is C14H15NO3S. The highest BCUT2D eigenvalue weighted by Gasteiger charge is 2.18. The number of carbonyl (C=O) groups is 2. The number of carbonyl (C=O) groups excluding carboxylic acids is 1. The maximum atomic E-state index is 12.0. The highest BCUT2D eigenvalue weighted by molar-refractivity contribution is 7.20. The predicted octanol–water partition coefficient (Wildman–Crippen LogP) is 3.24. The molecule has 0 unspecified atom stereocenters. The van der Waals surface area contributed by atoms with E-state index < -0.39 is 11.9 Å². The molecule has 19 heavy (non-hydrogen) atoms. The number of benzene rings is 1. The Morgan fingerprint density at radius 2 is 2.11 bits per heavy atom. The molecule has 100 valence electrons. The first-order valence-corrected chi connectivity index (χ1v) is 6.80. The Morgan fingerprint density at radius 1 is 1.37 bits per heavy atom. The third kappa shape index (κ3) is 2.93. The van der Waals surface area contributed by atoms with E-state index in [1.165, 1.54) is 11.3 Å². The molecule has 1 aromatic heterocycles. The number of hydrogen-bond acceptors (Lipinski definition) is 4. The van der Waals surface area contributed by atoms with Gasteiger partial charge in [-0.15, -0.1) is 11.3 Å². The number of anilines is 1. The average molecular weight is 277 g/mol. The first-order chi connectivity index (χ1) is 9.01. The summed E-state index contributed by atoms with van der Waals surface area (Å²) in [5.41, 5.74) is 0.993. The van der Waals surface area contributed by atoms with Gasteiger partial charge in [0, 0.05) is 23.9 Å². The Hall–Kier alpha value is -1.88. The molecule has 0 fully saturated rings. The van der Waals surface area contributed by atoms with Crippen LogP contribution in [0.3, 0.4) is 0 Å². The lowest BCUT2D eigenvalue weighted by molar-refractivity contribution is -0.141. The average Bonchev–Trinajstić information content (AvgIpc) is 2.81. The molecule has 0 saturated heterocycles. The molecule has 0 radical (unpaired) electrons. The molecule has 5 heteroatoms. The third-order valence-electron chi connectivity index (χ3n) is 3.00. The van der Waals surface area contributed by atoms with Crippen molar-refractivity contribution in [2.24, 2.45) is 5.92 Å². The van der Waals surface area contributed by atoms with Crippen LogP contribution in [-0.2, 0) is 4.79 Å². The minimum absolute atomic E-state index is 0.0427. The highest BCUT2D eigenvalue weighted by atomic mass is 32.1. The number of carboxylic acid groups (broad SMARTS) is 1. The number of ketones is 1. The van der Waals surface area contributed by atoms with E-state index in [4.69, 9.17) is 5.11 Å². The summed E-state index contributed by atoms with van der Waals surface area (Å²) in [6.07, 6.45) is 0.0427. The lowest BCUT2D eigenvalue weighted by atomic mass is 10.0. The van der Waals surface area contributed by atoms with Crippen molar-refractivity contribution in [2.45, 2.75) is 13.3 Å². The zero-order chi connectivity index (χ0) is 14.0. The first kappa shape index (κ1) is 13.5. The molecule has 2 rings (SSSR count). The van der Waals surface area contributed by atoms with Gasteiger partial charge in [-0.25, -0.2) is 0 Å². The van der Waals surface area contributed by atoms with Crippen molar-refractivity contribution < 1.29 is 14.7 Å². The van der Waals surface area contributed by atoms with E-state index in [1.807, 2.05) is 31.3 Å². The van der Waals surface area contributed by atoms with E-state index in [0.29, 0.717) is 4.88 Å². The fourth-order valence-electron chi connectivity index (χ4n) is 1.79. The van der Waals surface area contributed by atoms with Crippen molar-refractivity contribution in [1.82, 2.24) is 0 Å². The van der Waals surface area contributed by atoms with Crippen LogP contribution in [0.2, 0.25) is 0 Å². The summed E-state index contributed by atoms with van der Waals surface area (Å²) >= 11 is 1.41. The Labute approximate surface area is 115 Å². The number of carboxylic acids is 1.